The molecule has 0 aliphatic carbocycles. The number of aliphatic hydroxyl groups is 1. The fourth-order valence-electron chi connectivity index (χ4n) is 1.27. The van der Waals surface area contributed by atoms with Crippen LogP contribution in [0.3, 0.4) is 0 Å². The Labute approximate surface area is 105 Å². The van der Waals surface area contributed by atoms with Crippen LogP contribution in [0.15, 0.2) is 29.2 Å². The third-order valence-corrected chi connectivity index (χ3v) is 3.13. The number of carbonyl (C=O) groups is 1. The molecule has 1 amide bonds. The molecule has 0 aliphatic rings. The zero-order chi connectivity index (χ0) is 12.7. The topological polar surface area (TPSA) is 58.6 Å². The Morgan fingerprint density at radius 2 is 2.12 bits per heavy atom. The van der Waals surface area contributed by atoms with E-state index in [1.807, 2.05) is 24.3 Å². The van der Waals surface area contributed by atoms with Gasteiger partial charge in [0.2, 0.25) is 5.91 Å². The van der Waals surface area contributed by atoms with Crippen molar-refractivity contribution < 1.29 is 14.6 Å². The van der Waals surface area contributed by atoms with Gasteiger partial charge in [0.25, 0.3) is 0 Å². The van der Waals surface area contributed by atoms with Crippen LogP contribution in [-0.2, 0) is 9.53 Å². The number of rotatable bonds is 6. The summed E-state index contributed by atoms with van der Waals surface area (Å²) in [7, 11) is 1.57. The van der Waals surface area contributed by atoms with Crippen LogP contribution in [0.5, 0.6) is 0 Å². The lowest BCUT2D eigenvalue weighted by Crippen LogP contribution is -2.16. The minimum absolute atomic E-state index is 0.0825. The summed E-state index contributed by atoms with van der Waals surface area (Å²) in [5.41, 5.74) is 0.777. The molecule has 1 unspecified atom stereocenters. The lowest BCUT2D eigenvalue weighted by Gasteiger charge is -2.09. The number of thioether (sulfide) groups is 1. The molecule has 0 saturated carbocycles. The van der Waals surface area contributed by atoms with Crippen molar-refractivity contribution in [2.75, 3.05) is 24.8 Å². The van der Waals surface area contributed by atoms with Crippen LogP contribution in [-0.4, -0.2) is 36.6 Å². The van der Waals surface area contributed by atoms with Gasteiger partial charge in [0.15, 0.2) is 0 Å². The molecule has 17 heavy (non-hydrogen) atoms. The van der Waals surface area contributed by atoms with Crippen molar-refractivity contribution in [1.29, 1.82) is 0 Å². The van der Waals surface area contributed by atoms with E-state index in [4.69, 9.17) is 4.74 Å². The summed E-state index contributed by atoms with van der Waals surface area (Å²) in [6, 6.07) is 7.50. The minimum atomic E-state index is -0.458. The summed E-state index contributed by atoms with van der Waals surface area (Å²) >= 11 is 1.55. The molecular weight excluding hydrogens is 238 g/mol. The SMILES string of the molecule is COCC(O)CSc1ccc(NC(C)=O)cc1. The Kier molecular flexibility index (Phi) is 6.04. The van der Waals surface area contributed by atoms with Crippen molar-refractivity contribution in [3.05, 3.63) is 24.3 Å². The molecule has 0 radical (unpaired) electrons. The van der Waals surface area contributed by atoms with E-state index in [-0.39, 0.29) is 5.91 Å². The summed E-state index contributed by atoms with van der Waals surface area (Å²) in [5, 5.41) is 12.2. The van der Waals surface area contributed by atoms with Crippen molar-refractivity contribution in [3.8, 4) is 0 Å². The van der Waals surface area contributed by atoms with E-state index in [2.05, 4.69) is 5.32 Å². The Morgan fingerprint density at radius 1 is 1.47 bits per heavy atom. The standard InChI is InChI=1S/C12H17NO3S/c1-9(14)13-10-3-5-12(6-4-10)17-8-11(15)7-16-2/h3-6,11,15H,7-8H2,1-2H3,(H,13,14). The fourth-order valence-corrected chi connectivity index (χ4v) is 2.08. The molecule has 4 nitrogen and oxygen atoms in total. The molecule has 0 spiro atoms. The third-order valence-electron chi connectivity index (χ3n) is 1.98. The van der Waals surface area contributed by atoms with Gasteiger partial charge in [-0.2, -0.15) is 0 Å². The highest BCUT2D eigenvalue weighted by molar-refractivity contribution is 7.99. The highest BCUT2D eigenvalue weighted by Crippen LogP contribution is 2.21. The Balaban J connectivity index is 2.42. The number of aliphatic hydroxyl groups excluding tert-OH is 1. The van der Waals surface area contributed by atoms with E-state index in [1.54, 1.807) is 18.9 Å². The van der Waals surface area contributed by atoms with E-state index in [1.165, 1.54) is 6.92 Å². The molecule has 0 saturated heterocycles. The number of hydrogen-bond donors (Lipinski definition) is 2. The van der Waals surface area contributed by atoms with Crippen LogP contribution >= 0.6 is 11.8 Å². The number of benzene rings is 1. The molecule has 0 fully saturated rings. The van der Waals surface area contributed by atoms with E-state index in [9.17, 15) is 9.90 Å². The van der Waals surface area contributed by atoms with Crippen molar-refractivity contribution in [3.63, 3.8) is 0 Å². The Hall–Kier alpha value is -1.04. The number of methoxy groups -OCH3 is 1. The number of hydrogen-bond acceptors (Lipinski definition) is 4. The average molecular weight is 255 g/mol. The van der Waals surface area contributed by atoms with Gasteiger partial charge >= 0.3 is 0 Å². The van der Waals surface area contributed by atoms with Crippen molar-refractivity contribution in [2.24, 2.45) is 0 Å². The van der Waals surface area contributed by atoms with Gasteiger partial charge in [-0.1, -0.05) is 0 Å². The minimum Gasteiger partial charge on any atom is -0.390 e. The lowest BCUT2D eigenvalue weighted by atomic mass is 10.3. The zero-order valence-corrected chi connectivity index (χ0v) is 10.8. The fraction of sp³-hybridized carbons (Fsp3) is 0.417. The summed E-state index contributed by atoms with van der Waals surface area (Å²) in [6.45, 7) is 1.82. The Morgan fingerprint density at radius 3 is 2.65 bits per heavy atom. The van der Waals surface area contributed by atoms with Crippen LogP contribution in [0, 0.1) is 0 Å². The molecule has 94 valence electrons. The van der Waals surface area contributed by atoms with Crippen LogP contribution < -0.4 is 5.32 Å². The zero-order valence-electron chi connectivity index (χ0n) is 9.97. The quantitative estimate of drug-likeness (QED) is 0.760. The highest BCUT2D eigenvalue weighted by atomic mass is 32.2. The van der Waals surface area contributed by atoms with Gasteiger partial charge in [-0.25, -0.2) is 0 Å². The molecule has 5 heteroatoms. The first-order valence-electron chi connectivity index (χ1n) is 5.29. The predicted octanol–water partition coefficient (Wildman–Crippen LogP) is 1.74. The lowest BCUT2D eigenvalue weighted by molar-refractivity contribution is -0.114. The largest absolute Gasteiger partial charge is 0.390 e. The van der Waals surface area contributed by atoms with Gasteiger partial charge in [-0.3, -0.25) is 4.79 Å². The monoisotopic (exact) mass is 255 g/mol. The molecule has 0 aliphatic heterocycles. The van der Waals surface area contributed by atoms with Gasteiger partial charge in [0.1, 0.15) is 0 Å². The molecule has 1 atom stereocenters. The maximum Gasteiger partial charge on any atom is 0.221 e. The number of carbonyl (C=O) groups excluding carboxylic acids is 1. The first-order chi connectivity index (χ1) is 8.11. The third kappa shape index (κ3) is 5.72. The van der Waals surface area contributed by atoms with E-state index >= 15 is 0 Å². The number of amides is 1. The molecule has 1 aromatic rings. The predicted molar refractivity (Wildman–Crippen MR) is 69.4 cm³/mol. The first-order valence-corrected chi connectivity index (χ1v) is 6.28. The summed E-state index contributed by atoms with van der Waals surface area (Å²) in [6.07, 6.45) is -0.458. The number of ether oxygens (including phenoxy) is 1. The van der Waals surface area contributed by atoms with Gasteiger partial charge in [-0.05, 0) is 24.3 Å². The van der Waals surface area contributed by atoms with Gasteiger partial charge in [0.05, 0.1) is 12.7 Å². The van der Waals surface area contributed by atoms with Crippen LogP contribution in [0.1, 0.15) is 6.92 Å². The van der Waals surface area contributed by atoms with Crippen molar-refractivity contribution in [1.82, 2.24) is 0 Å². The van der Waals surface area contributed by atoms with Gasteiger partial charge in [-0.15, -0.1) is 11.8 Å². The Bertz CT molecular complexity index is 353. The highest BCUT2D eigenvalue weighted by Gasteiger charge is 2.04. The second-order valence-electron chi connectivity index (χ2n) is 3.63. The number of nitrogens with one attached hydrogen (secondary N) is 1. The summed E-state index contributed by atoms with van der Waals surface area (Å²) in [4.78, 5) is 11.9. The van der Waals surface area contributed by atoms with Crippen molar-refractivity contribution in [2.45, 2.75) is 17.9 Å². The maximum atomic E-state index is 10.8. The summed E-state index contributed by atoms with van der Waals surface area (Å²) in [5.74, 6) is 0.508. The first kappa shape index (κ1) is 14.0. The molecule has 0 bridgehead atoms. The second-order valence-corrected chi connectivity index (χ2v) is 4.72. The normalized spacial score (nSPS) is 12.2. The van der Waals surface area contributed by atoms with E-state index in [0.717, 1.165) is 10.6 Å². The molecule has 1 aromatic carbocycles. The molecule has 0 heterocycles. The van der Waals surface area contributed by atoms with Gasteiger partial charge in [0, 0.05) is 30.4 Å². The number of anilines is 1. The molecule has 2 N–H and O–H groups in total. The maximum absolute atomic E-state index is 10.8. The molecule has 0 aromatic heterocycles. The van der Waals surface area contributed by atoms with Gasteiger partial charge < -0.3 is 15.2 Å². The van der Waals surface area contributed by atoms with Crippen LogP contribution in [0.25, 0.3) is 0 Å². The summed E-state index contributed by atoms with van der Waals surface area (Å²) < 4.78 is 4.84. The van der Waals surface area contributed by atoms with E-state index < -0.39 is 6.10 Å². The van der Waals surface area contributed by atoms with Crippen LogP contribution in [0.4, 0.5) is 5.69 Å². The second kappa shape index (κ2) is 7.32. The molecule has 1 rings (SSSR count). The smallest absolute Gasteiger partial charge is 0.221 e. The average Bonchev–Trinajstić information content (AvgIpc) is 2.28. The molecular formula is C12H17NO3S. The van der Waals surface area contributed by atoms with E-state index in [0.29, 0.717) is 12.4 Å². The van der Waals surface area contributed by atoms with Crippen molar-refractivity contribution >= 4 is 23.4 Å². The van der Waals surface area contributed by atoms with Crippen LogP contribution in [0.2, 0.25) is 0 Å².